The third-order valence-corrected chi connectivity index (χ3v) is 2.28. The maximum absolute atomic E-state index is 11.7. The van der Waals surface area contributed by atoms with Crippen molar-refractivity contribution < 1.29 is 14.3 Å². The van der Waals surface area contributed by atoms with Gasteiger partial charge in [0.25, 0.3) is 0 Å². The number of ether oxygens (including phenoxy) is 1. The Labute approximate surface area is 99.9 Å². The third-order valence-electron chi connectivity index (χ3n) is 2.28. The molecule has 0 aliphatic rings. The molecule has 0 aliphatic carbocycles. The number of hydrogen-bond acceptors (Lipinski definition) is 4. The first-order chi connectivity index (χ1) is 8.13. The van der Waals surface area contributed by atoms with Crippen molar-refractivity contribution in [2.75, 3.05) is 20.2 Å². The number of carbonyl (C=O) groups excluding carboxylic acids is 2. The Morgan fingerprint density at radius 1 is 1.53 bits per heavy atom. The fourth-order valence-corrected chi connectivity index (χ4v) is 1.30. The zero-order chi connectivity index (χ0) is 12.7. The van der Waals surface area contributed by atoms with Gasteiger partial charge >= 0.3 is 5.97 Å². The van der Waals surface area contributed by atoms with Crippen molar-refractivity contribution in [3.05, 3.63) is 18.0 Å². The average Bonchev–Trinajstić information content (AvgIpc) is 2.79. The summed E-state index contributed by atoms with van der Waals surface area (Å²) in [5.74, 6) is -0.341. The van der Waals surface area contributed by atoms with Gasteiger partial charge in [-0.05, 0) is 13.0 Å². The summed E-state index contributed by atoms with van der Waals surface area (Å²) in [5.41, 5.74) is 0.762. The van der Waals surface area contributed by atoms with Crippen molar-refractivity contribution in [2.45, 2.75) is 19.8 Å². The van der Waals surface area contributed by atoms with Gasteiger partial charge in [-0.25, -0.2) is 0 Å². The molecule has 0 atom stereocenters. The standard InChI is InChI=1S/C11H17N3O3/c1-3-17-11(16)5-7-14(2)10(15)8-9-4-6-12-13-9/h4,6H,3,5,7-8H2,1-2H3,(H,12,13). The Morgan fingerprint density at radius 2 is 2.29 bits per heavy atom. The number of carbonyl (C=O) groups is 2. The molecule has 0 aliphatic heterocycles. The largest absolute Gasteiger partial charge is 0.466 e. The SMILES string of the molecule is CCOC(=O)CCN(C)C(=O)Cc1ccn[nH]1. The predicted molar refractivity (Wildman–Crippen MR) is 61.2 cm³/mol. The van der Waals surface area contributed by atoms with Crippen LogP contribution in [0, 0.1) is 0 Å². The van der Waals surface area contributed by atoms with E-state index in [9.17, 15) is 9.59 Å². The molecule has 0 fully saturated rings. The summed E-state index contributed by atoms with van der Waals surface area (Å²) in [6.07, 6.45) is 2.08. The molecule has 0 bridgehead atoms. The molecule has 0 spiro atoms. The molecule has 0 saturated carbocycles. The Hall–Kier alpha value is -1.85. The second kappa shape index (κ2) is 6.67. The monoisotopic (exact) mass is 239 g/mol. The quantitative estimate of drug-likeness (QED) is 0.727. The molecule has 0 aromatic carbocycles. The van der Waals surface area contributed by atoms with E-state index < -0.39 is 0 Å². The van der Waals surface area contributed by atoms with Gasteiger partial charge in [0.2, 0.25) is 5.91 Å². The van der Waals surface area contributed by atoms with E-state index in [4.69, 9.17) is 4.74 Å². The number of hydrogen-bond donors (Lipinski definition) is 1. The van der Waals surface area contributed by atoms with Gasteiger partial charge in [-0.2, -0.15) is 5.10 Å². The first-order valence-corrected chi connectivity index (χ1v) is 5.51. The number of rotatable bonds is 6. The molecule has 1 aromatic rings. The lowest BCUT2D eigenvalue weighted by molar-refractivity contribution is -0.143. The van der Waals surface area contributed by atoms with Crippen LogP contribution in [0.1, 0.15) is 19.0 Å². The van der Waals surface area contributed by atoms with E-state index in [1.54, 1.807) is 26.2 Å². The number of likely N-dealkylation sites (N-methyl/N-ethyl adjacent to an activating group) is 1. The van der Waals surface area contributed by atoms with Gasteiger partial charge < -0.3 is 9.64 Å². The highest BCUT2D eigenvalue weighted by molar-refractivity contribution is 5.78. The summed E-state index contributed by atoms with van der Waals surface area (Å²) >= 11 is 0. The highest BCUT2D eigenvalue weighted by Crippen LogP contribution is 1.99. The molecule has 1 rings (SSSR count). The lowest BCUT2D eigenvalue weighted by atomic mass is 10.3. The van der Waals surface area contributed by atoms with Crippen LogP contribution in [0.4, 0.5) is 0 Å². The first kappa shape index (κ1) is 13.2. The molecule has 1 aromatic heterocycles. The summed E-state index contributed by atoms with van der Waals surface area (Å²) in [5, 5.41) is 6.48. The maximum atomic E-state index is 11.7. The number of esters is 1. The topological polar surface area (TPSA) is 75.3 Å². The van der Waals surface area contributed by atoms with Gasteiger partial charge in [0.15, 0.2) is 0 Å². The summed E-state index contributed by atoms with van der Waals surface area (Å²) in [4.78, 5) is 24.3. The molecule has 1 heterocycles. The Kier molecular flexibility index (Phi) is 5.19. The minimum atomic E-state index is -0.284. The number of amides is 1. The van der Waals surface area contributed by atoms with Crippen molar-refractivity contribution in [1.82, 2.24) is 15.1 Å². The van der Waals surface area contributed by atoms with Crippen LogP contribution in [0.15, 0.2) is 12.3 Å². The van der Waals surface area contributed by atoms with Crippen LogP contribution in [-0.2, 0) is 20.7 Å². The number of nitrogens with one attached hydrogen (secondary N) is 1. The fraction of sp³-hybridized carbons (Fsp3) is 0.545. The zero-order valence-corrected chi connectivity index (χ0v) is 10.1. The minimum absolute atomic E-state index is 0.0569. The molecule has 6 heteroatoms. The van der Waals surface area contributed by atoms with E-state index >= 15 is 0 Å². The smallest absolute Gasteiger partial charge is 0.307 e. The first-order valence-electron chi connectivity index (χ1n) is 5.51. The van der Waals surface area contributed by atoms with Crippen LogP contribution in [-0.4, -0.2) is 47.2 Å². The summed E-state index contributed by atoms with van der Waals surface area (Å²) < 4.78 is 4.78. The predicted octanol–water partition coefficient (Wildman–Crippen LogP) is 0.364. The highest BCUT2D eigenvalue weighted by Gasteiger charge is 2.12. The lowest BCUT2D eigenvalue weighted by Gasteiger charge is -2.15. The number of nitrogens with zero attached hydrogens (tertiary/aromatic N) is 2. The van der Waals surface area contributed by atoms with E-state index in [2.05, 4.69) is 10.2 Å². The van der Waals surface area contributed by atoms with E-state index in [0.29, 0.717) is 13.2 Å². The van der Waals surface area contributed by atoms with Crippen LogP contribution in [0.5, 0.6) is 0 Å². The zero-order valence-electron chi connectivity index (χ0n) is 10.1. The summed E-state index contributed by atoms with van der Waals surface area (Å²) in [6, 6.07) is 1.75. The molecule has 17 heavy (non-hydrogen) atoms. The Balaban J connectivity index is 2.29. The van der Waals surface area contributed by atoms with Crippen LogP contribution in [0.25, 0.3) is 0 Å². The van der Waals surface area contributed by atoms with Crippen molar-refractivity contribution in [3.63, 3.8) is 0 Å². The van der Waals surface area contributed by atoms with Crippen LogP contribution >= 0.6 is 0 Å². The summed E-state index contributed by atoms with van der Waals surface area (Å²) in [6.45, 7) is 2.49. The molecule has 1 amide bonds. The molecule has 0 unspecified atom stereocenters. The second-order valence-electron chi connectivity index (χ2n) is 3.63. The number of aromatic amines is 1. The van der Waals surface area contributed by atoms with Crippen LogP contribution in [0.3, 0.4) is 0 Å². The van der Waals surface area contributed by atoms with Gasteiger partial charge in [-0.1, -0.05) is 0 Å². The Morgan fingerprint density at radius 3 is 2.88 bits per heavy atom. The van der Waals surface area contributed by atoms with E-state index in [1.807, 2.05) is 0 Å². The molecule has 0 radical (unpaired) electrons. The van der Waals surface area contributed by atoms with Crippen LogP contribution in [0.2, 0.25) is 0 Å². The number of aromatic nitrogens is 2. The molecule has 94 valence electrons. The van der Waals surface area contributed by atoms with E-state index in [1.165, 1.54) is 4.90 Å². The van der Waals surface area contributed by atoms with E-state index in [-0.39, 0.29) is 24.7 Å². The molecular formula is C11H17N3O3. The van der Waals surface area contributed by atoms with Crippen LogP contribution < -0.4 is 0 Å². The second-order valence-corrected chi connectivity index (χ2v) is 3.63. The van der Waals surface area contributed by atoms with Gasteiger partial charge in [-0.15, -0.1) is 0 Å². The van der Waals surface area contributed by atoms with Crippen molar-refractivity contribution in [3.8, 4) is 0 Å². The number of H-pyrrole nitrogens is 1. The van der Waals surface area contributed by atoms with Crippen molar-refractivity contribution in [1.29, 1.82) is 0 Å². The highest BCUT2D eigenvalue weighted by atomic mass is 16.5. The molecular weight excluding hydrogens is 222 g/mol. The molecule has 6 nitrogen and oxygen atoms in total. The minimum Gasteiger partial charge on any atom is -0.466 e. The Bertz CT molecular complexity index is 362. The molecule has 1 N–H and O–H groups in total. The normalized spacial score (nSPS) is 10.0. The van der Waals surface area contributed by atoms with Crippen molar-refractivity contribution >= 4 is 11.9 Å². The third kappa shape index (κ3) is 4.67. The average molecular weight is 239 g/mol. The summed E-state index contributed by atoms with van der Waals surface area (Å²) in [7, 11) is 1.66. The van der Waals surface area contributed by atoms with Gasteiger partial charge in [0.1, 0.15) is 0 Å². The van der Waals surface area contributed by atoms with Gasteiger partial charge in [0.05, 0.1) is 19.4 Å². The fourth-order valence-electron chi connectivity index (χ4n) is 1.30. The van der Waals surface area contributed by atoms with Gasteiger partial charge in [-0.3, -0.25) is 14.7 Å². The van der Waals surface area contributed by atoms with Crippen molar-refractivity contribution in [2.24, 2.45) is 0 Å². The maximum Gasteiger partial charge on any atom is 0.307 e. The molecule has 0 saturated heterocycles. The lowest BCUT2D eigenvalue weighted by Crippen LogP contribution is -2.30. The van der Waals surface area contributed by atoms with E-state index in [0.717, 1.165) is 5.69 Å². The van der Waals surface area contributed by atoms with Gasteiger partial charge in [0, 0.05) is 25.5 Å².